The van der Waals surface area contributed by atoms with E-state index in [1.165, 1.54) is 0 Å². The third-order valence-electron chi connectivity index (χ3n) is 4.25. The van der Waals surface area contributed by atoms with Crippen molar-refractivity contribution in [1.29, 1.82) is 0 Å². The van der Waals surface area contributed by atoms with Crippen LogP contribution in [0.5, 0.6) is 0 Å². The second-order valence-corrected chi connectivity index (χ2v) is 5.51. The van der Waals surface area contributed by atoms with Crippen molar-refractivity contribution in [3.63, 3.8) is 0 Å². The van der Waals surface area contributed by atoms with Crippen molar-refractivity contribution < 1.29 is 14.2 Å². The van der Waals surface area contributed by atoms with Crippen molar-refractivity contribution >= 4 is 0 Å². The van der Waals surface area contributed by atoms with Crippen LogP contribution < -0.4 is 5.32 Å². The van der Waals surface area contributed by atoms with Crippen LogP contribution in [0.1, 0.15) is 32.1 Å². The summed E-state index contributed by atoms with van der Waals surface area (Å²) in [6.45, 7) is 4.67. The Labute approximate surface area is 103 Å². The molecule has 0 aromatic heterocycles. The summed E-state index contributed by atoms with van der Waals surface area (Å²) in [6, 6.07) is 0. The van der Waals surface area contributed by atoms with Crippen LogP contribution in [0.2, 0.25) is 0 Å². The molecule has 3 heterocycles. The van der Waals surface area contributed by atoms with Crippen LogP contribution in [0.4, 0.5) is 0 Å². The minimum atomic E-state index is 0.0627. The van der Waals surface area contributed by atoms with Crippen molar-refractivity contribution in [2.24, 2.45) is 0 Å². The third kappa shape index (κ3) is 2.81. The van der Waals surface area contributed by atoms with E-state index in [4.69, 9.17) is 14.2 Å². The van der Waals surface area contributed by atoms with Gasteiger partial charge in [-0.1, -0.05) is 0 Å². The van der Waals surface area contributed by atoms with Gasteiger partial charge in [-0.2, -0.15) is 0 Å². The fourth-order valence-corrected chi connectivity index (χ4v) is 3.21. The normalized spacial score (nSPS) is 37.4. The molecule has 17 heavy (non-hydrogen) atoms. The van der Waals surface area contributed by atoms with Gasteiger partial charge in [-0.05, 0) is 32.2 Å². The summed E-state index contributed by atoms with van der Waals surface area (Å²) in [5.41, 5.74) is 0.0627. The Kier molecular flexibility index (Phi) is 3.66. The highest BCUT2D eigenvalue weighted by atomic mass is 16.5. The standard InChI is InChI=1S/C13H23NO3/c1-5-14-10-12(1)17-11-2-6-16-13(9-11)3-7-15-8-4-13/h11-12,14H,1-10H2. The summed E-state index contributed by atoms with van der Waals surface area (Å²) in [7, 11) is 0. The Bertz CT molecular complexity index is 242. The van der Waals surface area contributed by atoms with Crippen LogP contribution in [0.3, 0.4) is 0 Å². The quantitative estimate of drug-likeness (QED) is 0.785. The minimum Gasteiger partial charge on any atom is -0.381 e. The molecular weight excluding hydrogens is 218 g/mol. The van der Waals surface area contributed by atoms with E-state index < -0.39 is 0 Å². The number of rotatable bonds is 2. The fourth-order valence-electron chi connectivity index (χ4n) is 3.21. The predicted molar refractivity (Wildman–Crippen MR) is 64.1 cm³/mol. The first-order valence-electron chi connectivity index (χ1n) is 6.94. The van der Waals surface area contributed by atoms with Gasteiger partial charge in [0.1, 0.15) is 0 Å². The zero-order chi connectivity index (χ0) is 11.6. The van der Waals surface area contributed by atoms with Crippen LogP contribution in [-0.4, -0.2) is 50.7 Å². The van der Waals surface area contributed by atoms with Crippen molar-refractivity contribution in [3.05, 3.63) is 0 Å². The van der Waals surface area contributed by atoms with Crippen molar-refractivity contribution in [2.75, 3.05) is 32.9 Å². The van der Waals surface area contributed by atoms with Gasteiger partial charge >= 0.3 is 0 Å². The van der Waals surface area contributed by atoms with E-state index in [0.717, 1.165) is 65.0 Å². The first kappa shape index (κ1) is 11.9. The second kappa shape index (κ2) is 5.22. The summed E-state index contributed by atoms with van der Waals surface area (Å²) in [4.78, 5) is 0. The van der Waals surface area contributed by atoms with Gasteiger partial charge in [0.15, 0.2) is 0 Å². The summed E-state index contributed by atoms with van der Waals surface area (Å²) in [5.74, 6) is 0. The number of nitrogens with one attached hydrogen (secondary N) is 1. The zero-order valence-electron chi connectivity index (χ0n) is 10.5. The molecule has 4 heteroatoms. The molecule has 0 aromatic rings. The van der Waals surface area contributed by atoms with Crippen LogP contribution >= 0.6 is 0 Å². The van der Waals surface area contributed by atoms with Crippen molar-refractivity contribution in [3.8, 4) is 0 Å². The lowest BCUT2D eigenvalue weighted by Gasteiger charge is -2.43. The molecule has 3 fully saturated rings. The van der Waals surface area contributed by atoms with Gasteiger partial charge in [0.25, 0.3) is 0 Å². The monoisotopic (exact) mass is 241 g/mol. The molecule has 3 rings (SSSR count). The highest BCUT2D eigenvalue weighted by Gasteiger charge is 2.40. The SMILES string of the molecule is C1CC(OC2CCOC3(CCOCC3)C2)CN1. The van der Waals surface area contributed by atoms with Crippen LogP contribution in [-0.2, 0) is 14.2 Å². The molecule has 4 nitrogen and oxygen atoms in total. The maximum atomic E-state index is 6.20. The maximum Gasteiger partial charge on any atom is 0.0751 e. The molecule has 3 saturated heterocycles. The highest BCUT2D eigenvalue weighted by Crippen LogP contribution is 2.35. The summed E-state index contributed by atoms with van der Waals surface area (Å²) >= 11 is 0. The average Bonchev–Trinajstić information content (AvgIpc) is 2.83. The first-order chi connectivity index (χ1) is 8.36. The maximum absolute atomic E-state index is 6.20. The second-order valence-electron chi connectivity index (χ2n) is 5.51. The fraction of sp³-hybridized carbons (Fsp3) is 1.00. The van der Waals surface area contributed by atoms with E-state index >= 15 is 0 Å². The Morgan fingerprint density at radius 2 is 1.94 bits per heavy atom. The van der Waals surface area contributed by atoms with E-state index in [1.807, 2.05) is 0 Å². The van der Waals surface area contributed by atoms with E-state index in [2.05, 4.69) is 5.32 Å². The zero-order valence-corrected chi connectivity index (χ0v) is 10.5. The molecule has 3 aliphatic heterocycles. The van der Waals surface area contributed by atoms with Crippen molar-refractivity contribution in [1.82, 2.24) is 5.32 Å². The van der Waals surface area contributed by atoms with Gasteiger partial charge in [-0.3, -0.25) is 0 Å². The first-order valence-corrected chi connectivity index (χ1v) is 6.94. The molecule has 1 N–H and O–H groups in total. The molecular formula is C13H23NO3. The van der Waals surface area contributed by atoms with Gasteiger partial charge in [0.2, 0.25) is 0 Å². The van der Waals surface area contributed by atoms with Gasteiger partial charge in [0, 0.05) is 32.8 Å². The number of hydrogen-bond acceptors (Lipinski definition) is 4. The van der Waals surface area contributed by atoms with Gasteiger partial charge in [-0.25, -0.2) is 0 Å². The smallest absolute Gasteiger partial charge is 0.0751 e. The Balaban J connectivity index is 1.55. The molecule has 0 aliphatic carbocycles. The summed E-state index contributed by atoms with van der Waals surface area (Å²) in [6.07, 6.45) is 6.17. The largest absolute Gasteiger partial charge is 0.381 e. The molecule has 1 spiro atoms. The molecule has 2 unspecified atom stereocenters. The highest BCUT2D eigenvalue weighted by molar-refractivity contribution is 4.90. The molecule has 0 aromatic carbocycles. The van der Waals surface area contributed by atoms with E-state index in [-0.39, 0.29) is 5.60 Å². The lowest BCUT2D eigenvalue weighted by molar-refractivity contribution is -0.176. The van der Waals surface area contributed by atoms with Crippen LogP contribution in [0.25, 0.3) is 0 Å². The lowest BCUT2D eigenvalue weighted by Crippen LogP contribution is -2.47. The lowest BCUT2D eigenvalue weighted by atomic mass is 9.85. The summed E-state index contributed by atoms with van der Waals surface area (Å²) < 4.78 is 17.7. The molecule has 0 bridgehead atoms. The van der Waals surface area contributed by atoms with Gasteiger partial charge in [-0.15, -0.1) is 0 Å². The average molecular weight is 241 g/mol. The van der Waals surface area contributed by atoms with E-state index in [1.54, 1.807) is 0 Å². The molecule has 2 atom stereocenters. The van der Waals surface area contributed by atoms with Gasteiger partial charge in [0.05, 0.1) is 17.8 Å². The van der Waals surface area contributed by atoms with E-state index in [9.17, 15) is 0 Å². The Morgan fingerprint density at radius 1 is 1.06 bits per heavy atom. The van der Waals surface area contributed by atoms with Crippen LogP contribution in [0.15, 0.2) is 0 Å². The number of hydrogen-bond donors (Lipinski definition) is 1. The predicted octanol–water partition coefficient (Wildman–Crippen LogP) is 1.09. The molecule has 98 valence electrons. The molecule has 0 amide bonds. The van der Waals surface area contributed by atoms with Gasteiger partial charge < -0.3 is 19.5 Å². The van der Waals surface area contributed by atoms with Crippen LogP contribution in [0, 0.1) is 0 Å². The third-order valence-corrected chi connectivity index (χ3v) is 4.25. The Hall–Kier alpha value is -0.160. The molecule has 3 aliphatic rings. The molecule has 0 saturated carbocycles. The molecule has 0 radical (unpaired) electrons. The minimum absolute atomic E-state index is 0.0627. The van der Waals surface area contributed by atoms with Crippen molar-refractivity contribution in [2.45, 2.75) is 49.9 Å². The Morgan fingerprint density at radius 3 is 2.71 bits per heavy atom. The summed E-state index contributed by atoms with van der Waals surface area (Å²) in [5, 5.41) is 3.36. The van der Waals surface area contributed by atoms with E-state index in [0.29, 0.717) is 12.2 Å². The number of ether oxygens (including phenoxy) is 3. The topological polar surface area (TPSA) is 39.7 Å².